The second kappa shape index (κ2) is 6.83. The van der Waals surface area contributed by atoms with Crippen LogP contribution in [0.25, 0.3) is 0 Å². The van der Waals surface area contributed by atoms with Crippen molar-refractivity contribution in [1.82, 2.24) is 4.90 Å². The number of urea groups is 1. The van der Waals surface area contributed by atoms with Crippen LogP contribution >= 0.6 is 11.8 Å². The van der Waals surface area contributed by atoms with Gasteiger partial charge in [0.2, 0.25) is 0 Å². The van der Waals surface area contributed by atoms with Crippen LogP contribution in [0.1, 0.15) is 5.56 Å². The number of carbonyl (C=O) groups is 1. The van der Waals surface area contributed by atoms with Gasteiger partial charge in [-0.1, -0.05) is 18.2 Å². The highest BCUT2D eigenvalue weighted by atomic mass is 32.2. The molecule has 0 spiro atoms. The molecule has 4 rings (SSSR count). The number of hydrogen-bond donors (Lipinski definition) is 0. The second-order valence-corrected chi connectivity index (χ2v) is 9.85. The van der Waals surface area contributed by atoms with E-state index in [1.54, 1.807) is 33.7 Å². The van der Waals surface area contributed by atoms with E-state index < -0.39 is 21.9 Å². The lowest BCUT2D eigenvalue weighted by molar-refractivity contribution is 0.206. The van der Waals surface area contributed by atoms with E-state index in [0.717, 1.165) is 10.5 Å². The minimum absolute atomic E-state index is 0.0349. The van der Waals surface area contributed by atoms with E-state index in [-0.39, 0.29) is 29.9 Å². The highest BCUT2D eigenvalue weighted by Gasteiger charge is 2.53. The van der Waals surface area contributed by atoms with Gasteiger partial charge in [0.1, 0.15) is 5.82 Å². The van der Waals surface area contributed by atoms with Gasteiger partial charge in [0, 0.05) is 17.1 Å². The number of halogens is 1. The average molecular weight is 407 g/mol. The van der Waals surface area contributed by atoms with Crippen molar-refractivity contribution in [2.45, 2.75) is 23.5 Å². The van der Waals surface area contributed by atoms with Crippen LogP contribution in [0.4, 0.5) is 14.9 Å². The molecule has 2 fully saturated rings. The highest BCUT2D eigenvalue weighted by molar-refractivity contribution is 7.98. The molecule has 2 aliphatic heterocycles. The number of carbonyl (C=O) groups excluding carboxylic acids is 1. The molecule has 0 radical (unpaired) electrons. The van der Waals surface area contributed by atoms with Gasteiger partial charge in [0.25, 0.3) is 0 Å². The molecule has 2 aliphatic rings. The van der Waals surface area contributed by atoms with Gasteiger partial charge in [-0.2, -0.15) is 0 Å². The Hall–Kier alpha value is -2.06. The van der Waals surface area contributed by atoms with Gasteiger partial charge in [0.15, 0.2) is 9.84 Å². The van der Waals surface area contributed by atoms with Crippen LogP contribution in [-0.2, 0) is 16.4 Å². The average Bonchev–Trinajstić information content (AvgIpc) is 3.07. The van der Waals surface area contributed by atoms with Crippen molar-refractivity contribution < 1.29 is 17.6 Å². The van der Waals surface area contributed by atoms with E-state index in [2.05, 4.69) is 0 Å². The summed E-state index contributed by atoms with van der Waals surface area (Å²) in [5.41, 5.74) is 1.48. The minimum Gasteiger partial charge on any atom is -0.314 e. The van der Waals surface area contributed by atoms with Crippen molar-refractivity contribution in [2.24, 2.45) is 0 Å². The molecule has 2 saturated heterocycles. The summed E-state index contributed by atoms with van der Waals surface area (Å²) in [5.74, 6) is -0.417. The molecule has 0 aromatic heterocycles. The number of thioether (sulfide) groups is 1. The molecule has 2 amide bonds. The topological polar surface area (TPSA) is 57.7 Å². The first-order chi connectivity index (χ1) is 12.9. The summed E-state index contributed by atoms with van der Waals surface area (Å²) < 4.78 is 37.7. The zero-order valence-corrected chi connectivity index (χ0v) is 16.3. The number of fused-ring (bicyclic) bond motifs is 1. The second-order valence-electron chi connectivity index (χ2n) is 6.82. The predicted molar refractivity (Wildman–Crippen MR) is 104 cm³/mol. The Labute approximate surface area is 162 Å². The standard InChI is InChI=1S/C19H19FN2O3S2/c1-26-16-4-2-3-15(9-16)22-18-12-27(24,25)11-17(18)21(19(22)23)10-13-5-7-14(20)8-6-13/h2-9,17-18H,10-12H2,1H3/t17-,18+/m1/s1. The summed E-state index contributed by atoms with van der Waals surface area (Å²) in [4.78, 5) is 17.4. The van der Waals surface area contributed by atoms with Gasteiger partial charge in [0.05, 0.1) is 23.6 Å². The Morgan fingerprint density at radius 2 is 1.81 bits per heavy atom. The lowest BCUT2D eigenvalue weighted by Crippen LogP contribution is -2.37. The molecule has 0 bridgehead atoms. The van der Waals surface area contributed by atoms with Gasteiger partial charge in [-0.25, -0.2) is 17.6 Å². The van der Waals surface area contributed by atoms with Gasteiger partial charge < -0.3 is 4.90 Å². The molecule has 2 aromatic carbocycles. The lowest BCUT2D eigenvalue weighted by Gasteiger charge is -2.23. The maximum absolute atomic E-state index is 13.2. The minimum atomic E-state index is -3.22. The van der Waals surface area contributed by atoms with Crippen LogP contribution < -0.4 is 4.90 Å². The summed E-state index contributed by atoms with van der Waals surface area (Å²) in [6.07, 6.45) is 1.95. The van der Waals surface area contributed by atoms with E-state index >= 15 is 0 Å². The molecule has 2 aromatic rings. The van der Waals surface area contributed by atoms with E-state index in [1.165, 1.54) is 12.1 Å². The molecule has 0 saturated carbocycles. The fourth-order valence-electron chi connectivity index (χ4n) is 3.81. The summed E-state index contributed by atoms with van der Waals surface area (Å²) in [7, 11) is -3.22. The Balaban J connectivity index is 1.70. The third kappa shape index (κ3) is 3.43. The lowest BCUT2D eigenvalue weighted by atomic mass is 10.1. The number of hydrogen-bond acceptors (Lipinski definition) is 4. The third-order valence-electron chi connectivity index (χ3n) is 5.07. The zero-order valence-electron chi connectivity index (χ0n) is 14.7. The smallest absolute Gasteiger partial charge is 0.314 e. The van der Waals surface area contributed by atoms with E-state index in [9.17, 15) is 17.6 Å². The first kappa shape index (κ1) is 18.3. The summed E-state index contributed by atoms with van der Waals surface area (Å²) in [6.45, 7) is 0.258. The van der Waals surface area contributed by atoms with E-state index in [1.807, 2.05) is 30.5 Å². The molecule has 2 atom stereocenters. The van der Waals surface area contributed by atoms with Crippen LogP contribution in [0, 0.1) is 5.82 Å². The van der Waals surface area contributed by atoms with Gasteiger partial charge in [-0.05, 0) is 42.2 Å². The Morgan fingerprint density at radius 1 is 1.11 bits per heavy atom. The van der Waals surface area contributed by atoms with Crippen molar-refractivity contribution in [1.29, 1.82) is 0 Å². The Morgan fingerprint density at radius 3 is 2.52 bits per heavy atom. The van der Waals surface area contributed by atoms with Crippen LogP contribution in [0.5, 0.6) is 0 Å². The predicted octanol–water partition coefficient (Wildman–Crippen LogP) is 3.16. The molecule has 0 unspecified atom stereocenters. The third-order valence-corrected chi connectivity index (χ3v) is 7.50. The Kier molecular flexibility index (Phi) is 4.63. The molecular formula is C19H19FN2O3S2. The number of nitrogens with zero attached hydrogens (tertiary/aromatic N) is 2. The summed E-state index contributed by atoms with van der Waals surface area (Å²) >= 11 is 1.57. The van der Waals surface area contributed by atoms with Gasteiger partial charge >= 0.3 is 6.03 Å². The number of anilines is 1. The van der Waals surface area contributed by atoms with Crippen LogP contribution in [0.3, 0.4) is 0 Å². The fourth-order valence-corrected chi connectivity index (χ4v) is 6.21. The van der Waals surface area contributed by atoms with Crippen molar-refractivity contribution >= 4 is 33.3 Å². The largest absolute Gasteiger partial charge is 0.325 e. The van der Waals surface area contributed by atoms with Gasteiger partial charge in [-0.3, -0.25) is 4.90 Å². The highest BCUT2D eigenvalue weighted by Crippen LogP contribution is 2.36. The summed E-state index contributed by atoms with van der Waals surface area (Å²) in [6, 6.07) is 12.5. The molecule has 27 heavy (non-hydrogen) atoms. The first-order valence-electron chi connectivity index (χ1n) is 8.57. The number of rotatable bonds is 4. The zero-order chi connectivity index (χ0) is 19.2. The monoisotopic (exact) mass is 406 g/mol. The normalized spacial score (nSPS) is 23.7. The van der Waals surface area contributed by atoms with Crippen molar-refractivity contribution in [2.75, 3.05) is 22.7 Å². The summed E-state index contributed by atoms with van der Waals surface area (Å²) in [5, 5.41) is 0. The molecule has 0 N–H and O–H groups in total. The maximum atomic E-state index is 13.2. The van der Waals surface area contributed by atoms with Crippen molar-refractivity contribution in [3.8, 4) is 0 Å². The van der Waals surface area contributed by atoms with Crippen molar-refractivity contribution in [3.63, 3.8) is 0 Å². The molecular weight excluding hydrogens is 387 g/mol. The Bertz CT molecular complexity index is 979. The number of benzene rings is 2. The quantitative estimate of drug-likeness (QED) is 0.578. The first-order valence-corrected chi connectivity index (χ1v) is 11.6. The molecule has 0 aliphatic carbocycles. The SMILES string of the molecule is CSc1cccc(N2C(=O)N(Cc3ccc(F)cc3)[C@@H]3CS(=O)(=O)C[C@@H]32)c1. The van der Waals surface area contributed by atoms with Crippen molar-refractivity contribution in [3.05, 3.63) is 59.9 Å². The van der Waals surface area contributed by atoms with Crippen LogP contribution in [0.2, 0.25) is 0 Å². The molecule has 8 heteroatoms. The maximum Gasteiger partial charge on any atom is 0.325 e. The molecule has 5 nitrogen and oxygen atoms in total. The van der Waals surface area contributed by atoms with Crippen LogP contribution in [0.15, 0.2) is 53.4 Å². The molecule has 2 heterocycles. The fraction of sp³-hybridized carbons (Fsp3) is 0.316. The van der Waals surface area contributed by atoms with Gasteiger partial charge in [-0.15, -0.1) is 11.8 Å². The number of sulfone groups is 1. The van der Waals surface area contributed by atoms with Crippen LogP contribution in [-0.4, -0.2) is 49.2 Å². The molecule has 142 valence electrons. The van der Waals surface area contributed by atoms with E-state index in [0.29, 0.717) is 5.69 Å². The van der Waals surface area contributed by atoms with E-state index in [4.69, 9.17) is 0 Å². The number of amides is 2.